The molecule has 1 fully saturated rings. The molecule has 1 atom stereocenters. The summed E-state index contributed by atoms with van der Waals surface area (Å²) in [6.45, 7) is 6.17. The number of amides is 4. The Kier molecular flexibility index (Phi) is 6.49. The van der Waals surface area contributed by atoms with Gasteiger partial charge in [-0.05, 0) is 17.7 Å². The highest BCUT2D eigenvalue weighted by Crippen LogP contribution is 2.29. The van der Waals surface area contributed by atoms with Crippen molar-refractivity contribution >= 4 is 34.3 Å². The van der Waals surface area contributed by atoms with E-state index < -0.39 is 18.0 Å². The van der Waals surface area contributed by atoms with Gasteiger partial charge in [-0.2, -0.15) is 0 Å². The Hall–Kier alpha value is -3.14. The number of carbonyl (C=O) groups is 3. The molecule has 1 aliphatic heterocycles. The molecule has 1 aromatic carbocycles. The SMILES string of the molecule is COc1ccc(CN2C(=O)N[C@H](CC(=O)Nc3nc(C(C)(C)C)cs3)C2=O)cc1OC. The lowest BCUT2D eigenvalue weighted by atomic mass is 9.93. The first-order chi connectivity index (χ1) is 14.6. The average Bonchev–Trinajstić information content (AvgIpc) is 3.28. The van der Waals surface area contributed by atoms with Crippen LogP contribution in [0.15, 0.2) is 23.6 Å². The second kappa shape index (κ2) is 8.93. The molecule has 0 aliphatic carbocycles. The van der Waals surface area contributed by atoms with Gasteiger partial charge in [0.1, 0.15) is 6.04 Å². The molecule has 0 spiro atoms. The van der Waals surface area contributed by atoms with E-state index in [-0.39, 0.29) is 24.3 Å². The first-order valence-corrected chi connectivity index (χ1v) is 10.6. The van der Waals surface area contributed by atoms with Crippen LogP contribution in [0.3, 0.4) is 0 Å². The average molecular weight is 447 g/mol. The number of rotatable bonds is 7. The van der Waals surface area contributed by atoms with Gasteiger partial charge in [-0.15, -0.1) is 11.3 Å². The number of ether oxygens (including phenoxy) is 2. The largest absolute Gasteiger partial charge is 0.493 e. The third-order valence-corrected chi connectivity index (χ3v) is 5.56. The van der Waals surface area contributed by atoms with Crippen LogP contribution in [0.25, 0.3) is 0 Å². The predicted octanol–water partition coefficient (Wildman–Crippen LogP) is 2.91. The molecule has 10 heteroatoms. The molecule has 4 amide bonds. The smallest absolute Gasteiger partial charge is 0.325 e. The van der Waals surface area contributed by atoms with E-state index in [0.29, 0.717) is 22.2 Å². The summed E-state index contributed by atoms with van der Waals surface area (Å²) in [4.78, 5) is 42.9. The van der Waals surface area contributed by atoms with Crippen LogP contribution in [0, 0.1) is 0 Å². The monoisotopic (exact) mass is 446 g/mol. The molecule has 1 aliphatic rings. The van der Waals surface area contributed by atoms with Crippen molar-refractivity contribution in [2.45, 2.75) is 45.2 Å². The van der Waals surface area contributed by atoms with Crippen LogP contribution in [0.2, 0.25) is 0 Å². The Bertz CT molecular complexity index is 998. The number of anilines is 1. The van der Waals surface area contributed by atoms with Gasteiger partial charge in [0.15, 0.2) is 16.6 Å². The Morgan fingerprint density at radius 3 is 2.55 bits per heavy atom. The van der Waals surface area contributed by atoms with E-state index in [1.165, 1.54) is 25.6 Å². The zero-order valence-corrected chi connectivity index (χ0v) is 19.0. The van der Waals surface area contributed by atoms with Gasteiger partial charge < -0.3 is 20.1 Å². The summed E-state index contributed by atoms with van der Waals surface area (Å²) in [5, 5.41) is 7.64. The number of nitrogens with one attached hydrogen (secondary N) is 2. The van der Waals surface area contributed by atoms with Gasteiger partial charge in [0, 0.05) is 10.8 Å². The van der Waals surface area contributed by atoms with Crippen molar-refractivity contribution in [2.24, 2.45) is 0 Å². The van der Waals surface area contributed by atoms with E-state index in [4.69, 9.17) is 9.47 Å². The van der Waals surface area contributed by atoms with Crippen molar-refractivity contribution in [3.8, 4) is 11.5 Å². The molecule has 166 valence electrons. The van der Waals surface area contributed by atoms with Crippen LogP contribution >= 0.6 is 11.3 Å². The number of carbonyl (C=O) groups excluding carboxylic acids is 3. The minimum Gasteiger partial charge on any atom is -0.493 e. The quantitative estimate of drug-likeness (QED) is 0.633. The van der Waals surface area contributed by atoms with Gasteiger partial charge in [0.2, 0.25) is 5.91 Å². The molecule has 2 heterocycles. The van der Waals surface area contributed by atoms with Gasteiger partial charge >= 0.3 is 6.03 Å². The summed E-state index contributed by atoms with van der Waals surface area (Å²) in [7, 11) is 3.04. The molecule has 3 rings (SSSR count). The first kappa shape index (κ1) is 22.5. The van der Waals surface area contributed by atoms with Gasteiger partial charge in [-0.25, -0.2) is 9.78 Å². The highest BCUT2D eigenvalue weighted by Gasteiger charge is 2.39. The topological polar surface area (TPSA) is 110 Å². The van der Waals surface area contributed by atoms with Crippen molar-refractivity contribution in [1.29, 1.82) is 0 Å². The lowest BCUT2D eigenvalue weighted by molar-refractivity contribution is -0.130. The summed E-state index contributed by atoms with van der Waals surface area (Å²) in [5.41, 5.74) is 1.45. The number of urea groups is 1. The Morgan fingerprint density at radius 2 is 1.94 bits per heavy atom. The third kappa shape index (κ3) is 5.13. The normalized spacial score (nSPS) is 16.3. The highest BCUT2D eigenvalue weighted by molar-refractivity contribution is 7.13. The van der Waals surface area contributed by atoms with E-state index >= 15 is 0 Å². The summed E-state index contributed by atoms with van der Waals surface area (Å²) >= 11 is 1.32. The summed E-state index contributed by atoms with van der Waals surface area (Å²) in [6.07, 6.45) is -0.169. The van der Waals surface area contributed by atoms with Crippen molar-refractivity contribution in [3.63, 3.8) is 0 Å². The molecule has 31 heavy (non-hydrogen) atoms. The second-order valence-electron chi connectivity index (χ2n) is 8.16. The lowest BCUT2D eigenvalue weighted by Gasteiger charge is -2.15. The van der Waals surface area contributed by atoms with Crippen molar-refractivity contribution in [3.05, 3.63) is 34.8 Å². The molecule has 0 bridgehead atoms. The van der Waals surface area contributed by atoms with Crippen molar-refractivity contribution in [1.82, 2.24) is 15.2 Å². The van der Waals surface area contributed by atoms with E-state index in [0.717, 1.165) is 10.6 Å². The van der Waals surface area contributed by atoms with Crippen LogP contribution < -0.4 is 20.1 Å². The zero-order chi connectivity index (χ0) is 22.8. The minimum atomic E-state index is -0.922. The molecule has 1 saturated heterocycles. The number of imide groups is 1. The minimum absolute atomic E-state index is 0.0601. The molecular weight excluding hydrogens is 420 g/mol. The summed E-state index contributed by atoms with van der Waals surface area (Å²) < 4.78 is 10.5. The van der Waals surface area contributed by atoms with Crippen LogP contribution in [0.4, 0.5) is 9.93 Å². The Morgan fingerprint density at radius 1 is 1.23 bits per heavy atom. The number of methoxy groups -OCH3 is 2. The van der Waals surface area contributed by atoms with Crippen molar-refractivity contribution in [2.75, 3.05) is 19.5 Å². The number of hydrogen-bond donors (Lipinski definition) is 2. The predicted molar refractivity (Wildman–Crippen MR) is 116 cm³/mol. The first-order valence-electron chi connectivity index (χ1n) is 9.71. The lowest BCUT2D eigenvalue weighted by Crippen LogP contribution is -2.34. The second-order valence-corrected chi connectivity index (χ2v) is 9.01. The van der Waals surface area contributed by atoms with Crippen LogP contribution in [-0.2, 0) is 21.5 Å². The highest BCUT2D eigenvalue weighted by atomic mass is 32.1. The summed E-state index contributed by atoms with van der Waals surface area (Å²) in [5.74, 6) is 0.210. The van der Waals surface area contributed by atoms with Gasteiger partial charge in [0.05, 0.1) is 32.9 Å². The van der Waals surface area contributed by atoms with Gasteiger partial charge in [-0.3, -0.25) is 14.5 Å². The fourth-order valence-corrected chi connectivity index (χ4v) is 4.01. The fourth-order valence-electron chi connectivity index (χ4n) is 3.06. The van der Waals surface area contributed by atoms with E-state index in [1.54, 1.807) is 18.2 Å². The maximum absolute atomic E-state index is 12.7. The molecule has 2 N–H and O–H groups in total. The maximum Gasteiger partial charge on any atom is 0.325 e. The zero-order valence-electron chi connectivity index (χ0n) is 18.1. The molecule has 0 radical (unpaired) electrons. The number of hydrogen-bond acceptors (Lipinski definition) is 7. The van der Waals surface area contributed by atoms with Gasteiger partial charge in [-0.1, -0.05) is 26.8 Å². The van der Waals surface area contributed by atoms with Gasteiger partial charge in [0.25, 0.3) is 5.91 Å². The van der Waals surface area contributed by atoms with Crippen LogP contribution in [0.5, 0.6) is 11.5 Å². The van der Waals surface area contributed by atoms with E-state index in [1.807, 2.05) is 26.2 Å². The summed E-state index contributed by atoms with van der Waals surface area (Å²) in [6, 6.07) is 3.69. The molecule has 1 aromatic heterocycles. The van der Waals surface area contributed by atoms with Crippen molar-refractivity contribution < 1.29 is 23.9 Å². The fraction of sp³-hybridized carbons (Fsp3) is 0.429. The molecule has 9 nitrogen and oxygen atoms in total. The molecule has 0 unspecified atom stereocenters. The third-order valence-electron chi connectivity index (χ3n) is 4.80. The van der Waals surface area contributed by atoms with Crippen LogP contribution in [0.1, 0.15) is 38.4 Å². The van der Waals surface area contributed by atoms with E-state index in [2.05, 4.69) is 15.6 Å². The number of nitrogens with zero attached hydrogens (tertiary/aromatic N) is 2. The number of thiazole rings is 1. The number of aromatic nitrogens is 1. The molecular formula is C21H26N4O5S. The Labute approximate surface area is 184 Å². The Balaban J connectivity index is 1.62. The molecule has 2 aromatic rings. The maximum atomic E-state index is 12.7. The standard InChI is InChI=1S/C21H26N4O5S/c1-21(2,3)16-11-31-19(23-16)24-17(26)9-13-18(27)25(20(28)22-13)10-12-6-7-14(29-4)15(8-12)30-5/h6-8,11,13H,9-10H2,1-5H3,(H,22,28)(H,23,24,26)/t13-/m1/s1. The van der Waals surface area contributed by atoms with E-state index in [9.17, 15) is 14.4 Å². The molecule has 0 saturated carbocycles. The van der Waals surface area contributed by atoms with Crippen LogP contribution in [-0.4, -0.2) is 48.0 Å². The number of benzene rings is 1.